The maximum atomic E-state index is 12.4. The topological polar surface area (TPSA) is 99.8 Å². The highest BCUT2D eigenvalue weighted by atomic mass is 32.2. The summed E-state index contributed by atoms with van der Waals surface area (Å²) in [5, 5.41) is 4.05. The number of carbonyl (C=O) groups is 1. The van der Waals surface area contributed by atoms with Gasteiger partial charge in [-0.25, -0.2) is 4.98 Å². The molecule has 1 aliphatic heterocycles. The largest absolute Gasteiger partial charge is 0.396 e. The molecule has 0 N–H and O–H groups in total. The van der Waals surface area contributed by atoms with Crippen LogP contribution in [-0.4, -0.2) is 103 Å². The van der Waals surface area contributed by atoms with Gasteiger partial charge in [0.2, 0.25) is 0 Å². The van der Waals surface area contributed by atoms with Crippen molar-refractivity contribution in [3.63, 3.8) is 0 Å². The fourth-order valence-electron chi connectivity index (χ4n) is 4.65. The second-order valence-electron chi connectivity index (χ2n) is 10.3. The molecule has 1 fully saturated rings. The van der Waals surface area contributed by atoms with Crippen molar-refractivity contribution >= 4 is 27.9 Å². The lowest BCUT2D eigenvalue weighted by Crippen LogP contribution is -2.51. The zero-order chi connectivity index (χ0) is 30.3. The Balaban J connectivity index is 1.25. The number of aromatic nitrogens is 2. The van der Waals surface area contributed by atoms with E-state index in [0.29, 0.717) is 44.0 Å². The summed E-state index contributed by atoms with van der Waals surface area (Å²) in [6.07, 6.45) is -0.134. The smallest absolute Gasteiger partial charge is 0.389 e. The van der Waals surface area contributed by atoms with E-state index in [2.05, 4.69) is 15.0 Å². The highest BCUT2D eigenvalue weighted by Crippen LogP contribution is 2.24. The summed E-state index contributed by atoms with van der Waals surface area (Å²) in [5.74, 6) is -0.454. The van der Waals surface area contributed by atoms with Crippen LogP contribution in [0.5, 0.6) is 0 Å². The fourth-order valence-corrected chi connectivity index (χ4v) is 5.73. The number of Topliss-reactive ketones (excluding diaryl/α,β-unsaturated/α-hetero) is 1. The number of hydrogen-bond acceptors (Lipinski definition) is 7. The Morgan fingerprint density at radius 1 is 1.14 bits per heavy atom. The van der Waals surface area contributed by atoms with Gasteiger partial charge in [-0.15, -0.1) is 0 Å². The van der Waals surface area contributed by atoms with E-state index in [1.165, 1.54) is 22.7 Å². The quantitative estimate of drug-likeness (QED) is 0.167. The summed E-state index contributed by atoms with van der Waals surface area (Å²) < 4.78 is 66.3. The number of halogens is 3. The van der Waals surface area contributed by atoms with E-state index < -0.39 is 35.0 Å². The first-order chi connectivity index (χ1) is 19.9. The second kappa shape index (κ2) is 13.8. The van der Waals surface area contributed by atoms with Gasteiger partial charge in [0, 0.05) is 77.0 Å². The third-order valence-corrected chi connectivity index (χ3v) is 8.89. The van der Waals surface area contributed by atoms with Crippen molar-refractivity contribution in [3.05, 3.63) is 59.9 Å². The summed E-state index contributed by atoms with van der Waals surface area (Å²) in [4.78, 5) is 24.1. The van der Waals surface area contributed by atoms with Crippen LogP contribution in [0.25, 0.3) is 16.9 Å². The number of carbonyl (C=O) groups excluding carboxylic acids is 1. The summed E-state index contributed by atoms with van der Waals surface area (Å²) in [7, 11) is -0.298. The lowest BCUT2D eigenvalue weighted by Gasteiger charge is -2.35. The number of alkyl halides is 3. The summed E-state index contributed by atoms with van der Waals surface area (Å²) >= 11 is 0. The Labute approximate surface area is 243 Å². The van der Waals surface area contributed by atoms with Gasteiger partial charge in [-0.05, 0) is 30.2 Å². The van der Waals surface area contributed by atoms with Crippen LogP contribution in [-0.2, 0) is 26.3 Å². The van der Waals surface area contributed by atoms with E-state index in [4.69, 9.17) is 4.84 Å². The van der Waals surface area contributed by atoms with Gasteiger partial charge in [0.05, 0.1) is 24.5 Å². The highest BCUT2D eigenvalue weighted by molar-refractivity contribution is 7.86. The molecular weight excluding hydrogens is 573 g/mol. The molecule has 1 aromatic carbocycles. The van der Waals surface area contributed by atoms with Crippen molar-refractivity contribution in [1.29, 1.82) is 0 Å². The molecule has 0 atom stereocenters. The SMILES string of the molecule is CN(C)S(=O)(=O)N1CCN(CCCO/N=C/c2ccn3c(-c4cccc(CC(=O)CCC(F)(F)F)c4)cnc3c2)CC1. The molecule has 10 nitrogen and oxygen atoms in total. The van der Waals surface area contributed by atoms with E-state index in [-0.39, 0.29) is 6.42 Å². The van der Waals surface area contributed by atoms with Crippen molar-refractivity contribution < 1.29 is 31.2 Å². The molecule has 42 heavy (non-hydrogen) atoms. The van der Waals surface area contributed by atoms with Crippen LogP contribution in [0.15, 0.2) is 53.9 Å². The first kappa shape index (κ1) is 31.6. The van der Waals surface area contributed by atoms with Gasteiger partial charge in [-0.2, -0.15) is 30.2 Å². The zero-order valence-corrected chi connectivity index (χ0v) is 24.4. The molecule has 228 valence electrons. The van der Waals surface area contributed by atoms with Crippen LogP contribution < -0.4 is 0 Å². The van der Waals surface area contributed by atoms with Gasteiger partial charge >= 0.3 is 6.18 Å². The standard InChI is InChI=1S/C28H35F3N6O4S/c1-34(2)42(39,40)36-14-12-35(13-15-36)10-4-16-41-33-20-23-8-11-37-26(21-32-27(37)19-23)24-6-3-5-22(17-24)18-25(38)7-9-28(29,30)31/h3,5-6,8,11,17,19-21H,4,7,9-10,12-16,18H2,1-2H3/b33-20+. The van der Waals surface area contributed by atoms with Crippen LogP contribution in [0.2, 0.25) is 0 Å². The molecule has 0 radical (unpaired) electrons. The van der Waals surface area contributed by atoms with Crippen molar-refractivity contribution in [2.75, 3.05) is 53.4 Å². The molecule has 1 saturated heterocycles. The van der Waals surface area contributed by atoms with Crippen molar-refractivity contribution in [1.82, 2.24) is 22.9 Å². The van der Waals surface area contributed by atoms with Crippen LogP contribution in [0.1, 0.15) is 30.4 Å². The number of fused-ring (bicyclic) bond motifs is 1. The summed E-state index contributed by atoms with van der Waals surface area (Å²) in [6.45, 7) is 3.50. The minimum atomic E-state index is -4.35. The number of pyridine rings is 1. The Hall–Kier alpha value is -3.33. The van der Waals surface area contributed by atoms with Crippen LogP contribution >= 0.6 is 0 Å². The zero-order valence-electron chi connectivity index (χ0n) is 23.6. The average molecular weight is 609 g/mol. The minimum Gasteiger partial charge on any atom is -0.396 e. The normalized spacial score (nSPS) is 15.7. The molecule has 2 aromatic heterocycles. The Morgan fingerprint density at radius 2 is 1.90 bits per heavy atom. The van der Waals surface area contributed by atoms with Crippen molar-refractivity contribution in [2.24, 2.45) is 5.16 Å². The van der Waals surface area contributed by atoms with Gasteiger partial charge in [-0.1, -0.05) is 23.4 Å². The van der Waals surface area contributed by atoms with E-state index in [0.717, 1.165) is 29.8 Å². The molecule has 1 aliphatic rings. The molecule has 0 saturated carbocycles. The molecule has 0 aliphatic carbocycles. The molecule has 3 heterocycles. The third-order valence-electron chi connectivity index (χ3n) is 6.95. The van der Waals surface area contributed by atoms with Crippen molar-refractivity contribution in [2.45, 2.75) is 31.9 Å². The summed E-state index contributed by atoms with van der Waals surface area (Å²) in [6, 6.07) is 10.9. The molecule has 14 heteroatoms. The number of nitrogens with zero attached hydrogens (tertiary/aromatic N) is 6. The summed E-state index contributed by atoms with van der Waals surface area (Å²) in [5.41, 5.74) is 3.71. The van der Waals surface area contributed by atoms with Crippen LogP contribution in [0.3, 0.4) is 0 Å². The predicted octanol–water partition coefficient (Wildman–Crippen LogP) is 3.62. The van der Waals surface area contributed by atoms with E-state index in [9.17, 15) is 26.4 Å². The van der Waals surface area contributed by atoms with E-state index in [1.807, 2.05) is 28.8 Å². The van der Waals surface area contributed by atoms with Gasteiger partial charge in [-0.3, -0.25) is 9.20 Å². The number of piperazine rings is 1. The predicted molar refractivity (Wildman–Crippen MR) is 153 cm³/mol. The van der Waals surface area contributed by atoms with Gasteiger partial charge < -0.3 is 9.74 Å². The number of rotatable bonds is 13. The Bertz CT molecular complexity index is 1500. The molecule has 0 bridgehead atoms. The molecule has 0 spiro atoms. The van der Waals surface area contributed by atoms with E-state index in [1.54, 1.807) is 30.6 Å². The minimum absolute atomic E-state index is 0.0565. The highest BCUT2D eigenvalue weighted by Gasteiger charge is 2.29. The maximum absolute atomic E-state index is 12.4. The molecule has 3 aromatic rings. The fraction of sp³-hybridized carbons (Fsp3) is 0.464. The molecule has 0 unspecified atom stereocenters. The number of oxime groups is 1. The van der Waals surface area contributed by atoms with Crippen molar-refractivity contribution in [3.8, 4) is 11.3 Å². The first-order valence-electron chi connectivity index (χ1n) is 13.6. The average Bonchev–Trinajstić information content (AvgIpc) is 3.37. The Morgan fingerprint density at radius 3 is 2.62 bits per heavy atom. The van der Waals surface area contributed by atoms with Gasteiger partial charge in [0.1, 0.15) is 18.0 Å². The molecule has 0 amide bonds. The maximum Gasteiger partial charge on any atom is 0.389 e. The lowest BCUT2D eigenvalue weighted by atomic mass is 10.0. The first-order valence-corrected chi connectivity index (χ1v) is 15.0. The number of benzene rings is 1. The Kier molecular flexibility index (Phi) is 10.4. The lowest BCUT2D eigenvalue weighted by molar-refractivity contribution is -0.143. The van der Waals surface area contributed by atoms with Gasteiger partial charge in [0.25, 0.3) is 10.2 Å². The number of ketones is 1. The third kappa shape index (κ3) is 8.60. The number of hydrogen-bond donors (Lipinski definition) is 0. The van der Waals surface area contributed by atoms with E-state index >= 15 is 0 Å². The van der Waals surface area contributed by atoms with Crippen LogP contribution in [0.4, 0.5) is 13.2 Å². The molecule has 4 rings (SSSR count). The number of imidazole rings is 1. The molecular formula is C28H35F3N6O4S. The monoisotopic (exact) mass is 608 g/mol. The second-order valence-corrected chi connectivity index (χ2v) is 12.5. The van der Waals surface area contributed by atoms with Crippen LogP contribution in [0, 0.1) is 0 Å². The van der Waals surface area contributed by atoms with Gasteiger partial charge in [0.15, 0.2) is 0 Å².